The van der Waals surface area contributed by atoms with Gasteiger partial charge in [0.25, 0.3) is 0 Å². The first-order valence-corrected chi connectivity index (χ1v) is 8.80. The van der Waals surface area contributed by atoms with Gasteiger partial charge in [-0.3, -0.25) is 0 Å². The fourth-order valence-corrected chi connectivity index (χ4v) is 4.52. The van der Waals surface area contributed by atoms with Gasteiger partial charge in [0.1, 0.15) is 20.1 Å². The van der Waals surface area contributed by atoms with Crippen molar-refractivity contribution in [2.24, 2.45) is 0 Å². The summed E-state index contributed by atoms with van der Waals surface area (Å²) in [6, 6.07) is 14.1. The van der Waals surface area contributed by atoms with Gasteiger partial charge in [-0.05, 0) is 60.3 Å². The van der Waals surface area contributed by atoms with Gasteiger partial charge in [-0.25, -0.2) is 19.9 Å². The molecule has 0 aliphatic carbocycles. The molecule has 1 aliphatic heterocycles. The third-order valence-corrected chi connectivity index (χ3v) is 5.82. The zero-order valence-electron chi connectivity index (χ0n) is 12.1. The Morgan fingerprint density at radius 2 is 1.09 bits per heavy atom. The van der Waals surface area contributed by atoms with Crippen LogP contribution in [0.25, 0.3) is 22.1 Å². The van der Waals surface area contributed by atoms with Gasteiger partial charge in [0.2, 0.25) is 0 Å². The summed E-state index contributed by atoms with van der Waals surface area (Å²) in [5.74, 6) is 0. The number of para-hydroxylation sites is 2. The summed E-state index contributed by atoms with van der Waals surface area (Å²) in [6.07, 6.45) is 0. The lowest BCUT2D eigenvalue weighted by atomic mass is 10.2. The van der Waals surface area contributed by atoms with Crippen molar-refractivity contribution in [3.63, 3.8) is 0 Å². The predicted molar refractivity (Wildman–Crippen MR) is 92.1 cm³/mol. The number of nitrogens with zero attached hydrogens (tertiary/aromatic N) is 4. The van der Waals surface area contributed by atoms with Gasteiger partial charge < -0.3 is 0 Å². The maximum Gasteiger partial charge on any atom is 0.136 e. The smallest absolute Gasteiger partial charge is 0.136 e. The van der Waals surface area contributed by atoms with Crippen LogP contribution in [0.3, 0.4) is 0 Å². The van der Waals surface area contributed by atoms with Gasteiger partial charge in [-0.1, -0.05) is 18.2 Å². The molecule has 23 heavy (non-hydrogen) atoms. The Kier molecular flexibility index (Phi) is 2.83. The van der Waals surface area contributed by atoms with Crippen molar-refractivity contribution in [1.29, 1.82) is 0 Å². The van der Waals surface area contributed by atoms with Crippen LogP contribution < -0.4 is 0 Å². The zero-order valence-corrected chi connectivity index (χ0v) is 13.8. The van der Waals surface area contributed by atoms with Crippen molar-refractivity contribution in [3.8, 4) is 0 Å². The largest absolute Gasteiger partial charge is 0.237 e. The van der Waals surface area contributed by atoms with Crippen LogP contribution in [0.5, 0.6) is 0 Å². The molecule has 4 nitrogen and oxygen atoms in total. The summed E-state index contributed by atoms with van der Waals surface area (Å²) in [7, 11) is 0. The quantitative estimate of drug-likeness (QED) is 0.416. The van der Waals surface area contributed by atoms with Crippen LogP contribution >= 0.6 is 23.5 Å². The highest BCUT2D eigenvalue weighted by atomic mass is 32.2. The van der Waals surface area contributed by atoms with E-state index in [1.54, 1.807) is 23.5 Å². The molecule has 5 rings (SSSR count). The first kappa shape index (κ1) is 13.3. The molecule has 0 atom stereocenters. The van der Waals surface area contributed by atoms with Crippen LogP contribution in [0.15, 0.2) is 62.6 Å². The number of aromatic nitrogens is 4. The van der Waals surface area contributed by atoms with Crippen molar-refractivity contribution in [1.82, 2.24) is 19.9 Å². The fraction of sp³-hybridized carbons (Fsp3) is 0.0588. The van der Waals surface area contributed by atoms with E-state index in [0.717, 1.165) is 42.2 Å². The van der Waals surface area contributed by atoms with Crippen molar-refractivity contribution < 1.29 is 0 Å². The summed E-state index contributed by atoms with van der Waals surface area (Å²) < 4.78 is 0. The minimum absolute atomic E-state index is 0.905. The Labute approximate surface area is 140 Å². The number of hydrogen-bond acceptors (Lipinski definition) is 6. The van der Waals surface area contributed by atoms with Gasteiger partial charge in [-0.15, -0.1) is 0 Å². The van der Waals surface area contributed by atoms with Crippen molar-refractivity contribution >= 4 is 45.6 Å². The van der Waals surface area contributed by atoms with Crippen LogP contribution in [-0.4, -0.2) is 19.9 Å². The molecule has 0 saturated carbocycles. The van der Waals surface area contributed by atoms with Crippen molar-refractivity contribution in [2.75, 3.05) is 0 Å². The van der Waals surface area contributed by atoms with Gasteiger partial charge in [0.15, 0.2) is 0 Å². The molecule has 3 heterocycles. The third-order valence-electron chi connectivity index (χ3n) is 3.65. The molecule has 4 aromatic rings. The van der Waals surface area contributed by atoms with E-state index in [2.05, 4.69) is 19.1 Å². The number of benzene rings is 2. The van der Waals surface area contributed by atoms with Gasteiger partial charge in [0, 0.05) is 0 Å². The van der Waals surface area contributed by atoms with Crippen molar-refractivity contribution in [2.45, 2.75) is 27.0 Å². The van der Waals surface area contributed by atoms with E-state index in [4.69, 9.17) is 19.9 Å². The number of rotatable bonds is 0. The predicted octanol–water partition coefficient (Wildman–Crippen LogP) is 4.50. The molecule has 0 radical (unpaired) electrons. The van der Waals surface area contributed by atoms with Gasteiger partial charge >= 0.3 is 0 Å². The minimum atomic E-state index is 0.905. The number of aryl methyl sites for hydroxylation is 1. The highest BCUT2D eigenvalue weighted by Gasteiger charge is 2.23. The van der Waals surface area contributed by atoms with Gasteiger partial charge in [-0.2, -0.15) is 0 Å². The van der Waals surface area contributed by atoms with Crippen LogP contribution in [0.1, 0.15) is 5.56 Å². The average molecular weight is 334 g/mol. The van der Waals surface area contributed by atoms with Crippen LogP contribution in [0.2, 0.25) is 0 Å². The van der Waals surface area contributed by atoms with E-state index < -0.39 is 0 Å². The molecule has 2 aromatic carbocycles. The normalized spacial score (nSPS) is 13.1. The minimum Gasteiger partial charge on any atom is -0.237 e. The maximum atomic E-state index is 4.77. The molecule has 0 N–H and O–H groups in total. The maximum absolute atomic E-state index is 4.77. The molecule has 110 valence electrons. The number of hydrogen-bond donors (Lipinski definition) is 0. The Balaban J connectivity index is 1.70. The first-order chi connectivity index (χ1) is 11.3. The summed E-state index contributed by atoms with van der Waals surface area (Å²) in [4.78, 5) is 19.0. The molecule has 1 aliphatic rings. The summed E-state index contributed by atoms with van der Waals surface area (Å²) in [6.45, 7) is 2.06. The molecule has 0 bridgehead atoms. The second-order valence-electron chi connectivity index (χ2n) is 5.35. The molecule has 0 spiro atoms. The highest BCUT2D eigenvalue weighted by molar-refractivity contribution is 8.04. The lowest BCUT2D eigenvalue weighted by molar-refractivity contribution is 0.900. The van der Waals surface area contributed by atoms with Crippen molar-refractivity contribution in [3.05, 3.63) is 48.0 Å². The molecular weight excluding hydrogens is 324 g/mol. The van der Waals surface area contributed by atoms with E-state index >= 15 is 0 Å². The SMILES string of the molecule is Cc1ccc2nc3c(nc2c1)Sc1nc2ccccc2nc1S3. The molecule has 0 amide bonds. The van der Waals surface area contributed by atoms with E-state index in [9.17, 15) is 0 Å². The summed E-state index contributed by atoms with van der Waals surface area (Å²) in [5.41, 5.74) is 4.85. The highest BCUT2D eigenvalue weighted by Crippen LogP contribution is 2.45. The molecule has 0 saturated heterocycles. The second kappa shape index (κ2) is 4.91. The Bertz CT molecular complexity index is 1090. The van der Waals surface area contributed by atoms with Crippen LogP contribution in [0, 0.1) is 6.92 Å². The topological polar surface area (TPSA) is 51.6 Å². The Morgan fingerprint density at radius 3 is 1.65 bits per heavy atom. The zero-order chi connectivity index (χ0) is 15.4. The second-order valence-corrected chi connectivity index (χ2v) is 7.31. The first-order valence-electron chi connectivity index (χ1n) is 7.17. The molecule has 2 aromatic heterocycles. The average Bonchev–Trinajstić information content (AvgIpc) is 2.56. The summed E-state index contributed by atoms with van der Waals surface area (Å²) >= 11 is 3.10. The van der Waals surface area contributed by atoms with E-state index in [1.165, 1.54) is 5.56 Å². The van der Waals surface area contributed by atoms with Gasteiger partial charge in [0.05, 0.1) is 22.1 Å². The lowest BCUT2D eigenvalue weighted by Gasteiger charge is -2.16. The summed E-state index contributed by atoms with van der Waals surface area (Å²) in [5, 5.41) is 3.62. The number of fused-ring (bicyclic) bond motifs is 4. The van der Waals surface area contributed by atoms with E-state index in [-0.39, 0.29) is 0 Å². The Hall–Kier alpha value is -2.18. The molecular formula is C17H10N4S2. The monoisotopic (exact) mass is 334 g/mol. The molecule has 0 unspecified atom stereocenters. The fourth-order valence-electron chi connectivity index (χ4n) is 2.55. The molecule has 6 heteroatoms. The molecule has 0 fully saturated rings. The third kappa shape index (κ3) is 2.17. The van der Waals surface area contributed by atoms with E-state index in [0.29, 0.717) is 0 Å². The lowest BCUT2D eigenvalue weighted by Crippen LogP contribution is -2.01. The standard InChI is InChI=1S/C17H10N4S2/c1-9-6-7-12-13(8-9)21-17-16(20-12)22-14-15(23-17)19-11-5-3-2-4-10(11)18-14/h2-8H,1H3. The van der Waals surface area contributed by atoms with Crippen LogP contribution in [-0.2, 0) is 0 Å². The van der Waals surface area contributed by atoms with E-state index in [1.807, 2.05) is 30.3 Å². The Morgan fingerprint density at radius 1 is 0.609 bits per heavy atom. The van der Waals surface area contributed by atoms with Crippen LogP contribution in [0.4, 0.5) is 0 Å².